The van der Waals surface area contributed by atoms with Crippen molar-refractivity contribution in [3.63, 3.8) is 0 Å². The highest BCUT2D eigenvalue weighted by molar-refractivity contribution is 7.60. The van der Waals surface area contributed by atoms with Gasteiger partial charge in [-0.25, -0.2) is 9.13 Å². The van der Waals surface area contributed by atoms with Crippen LogP contribution in [-0.2, 0) is 18.0 Å². The second kappa shape index (κ2) is 15.1. The fraction of sp³-hybridized carbons (Fsp3) is 0.619. The van der Waals surface area contributed by atoms with Crippen LogP contribution in [0.25, 0.3) is 0 Å². The van der Waals surface area contributed by atoms with Crippen molar-refractivity contribution in [3.05, 3.63) is 46.6 Å². The molecule has 0 aromatic rings. The average Bonchev–Trinajstić information content (AvgIpc) is 2.49. The highest BCUT2D eigenvalue weighted by Crippen LogP contribution is 2.58. The predicted molar refractivity (Wildman–Crippen MR) is 124 cm³/mol. The Morgan fingerprint density at radius 2 is 1.30 bits per heavy atom. The van der Waals surface area contributed by atoms with E-state index >= 15 is 0 Å². The van der Waals surface area contributed by atoms with Crippen LogP contribution in [0.2, 0.25) is 0 Å². The molecule has 176 valence electrons. The first-order valence-corrected chi connectivity index (χ1v) is 12.6. The number of hydrogen-bond acceptors (Lipinski definition) is 4. The summed E-state index contributed by atoms with van der Waals surface area (Å²) in [5, 5.41) is 0. The fourth-order valence-electron chi connectivity index (χ4n) is 2.46. The van der Waals surface area contributed by atoms with E-state index in [-0.39, 0.29) is 13.8 Å². The summed E-state index contributed by atoms with van der Waals surface area (Å²) in [6.07, 6.45) is 10.6. The van der Waals surface area contributed by atoms with Crippen molar-refractivity contribution in [1.29, 1.82) is 0 Å². The fourth-order valence-corrected chi connectivity index (χ4v) is 4.18. The van der Waals surface area contributed by atoms with E-state index in [1.165, 1.54) is 11.1 Å². The SMILES string of the molecule is C.CC(C)=CCC/C(C)=C/CC(/C=C(\C)CCC=C(C)C)OP(=O)(O)OP(=O)(O)O. The van der Waals surface area contributed by atoms with Crippen molar-refractivity contribution in [2.45, 2.75) is 87.2 Å². The molecule has 0 amide bonds. The van der Waals surface area contributed by atoms with Crippen LogP contribution in [0.5, 0.6) is 0 Å². The van der Waals surface area contributed by atoms with E-state index in [9.17, 15) is 14.0 Å². The van der Waals surface area contributed by atoms with Crippen LogP contribution in [0.3, 0.4) is 0 Å². The Balaban J connectivity index is 0. The van der Waals surface area contributed by atoms with Crippen molar-refractivity contribution in [1.82, 2.24) is 0 Å². The minimum absolute atomic E-state index is 0. The summed E-state index contributed by atoms with van der Waals surface area (Å²) >= 11 is 0. The molecule has 0 bridgehead atoms. The van der Waals surface area contributed by atoms with Crippen molar-refractivity contribution < 1.29 is 32.6 Å². The third-order valence-electron chi connectivity index (χ3n) is 3.83. The van der Waals surface area contributed by atoms with E-state index in [4.69, 9.17) is 14.3 Å². The maximum atomic E-state index is 12.0. The summed E-state index contributed by atoms with van der Waals surface area (Å²) in [4.78, 5) is 27.3. The summed E-state index contributed by atoms with van der Waals surface area (Å²) in [6, 6.07) is 0. The van der Waals surface area contributed by atoms with Gasteiger partial charge in [-0.3, -0.25) is 4.52 Å². The lowest BCUT2D eigenvalue weighted by molar-refractivity contribution is 0.151. The monoisotopic (exact) mass is 466 g/mol. The lowest BCUT2D eigenvalue weighted by atomic mass is 10.0. The minimum Gasteiger partial charge on any atom is -0.302 e. The van der Waals surface area contributed by atoms with Crippen LogP contribution in [-0.4, -0.2) is 20.8 Å². The van der Waals surface area contributed by atoms with E-state index in [2.05, 4.69) is 16.5 Å². The lowest BCUT2D eigenvalue weighted by Gasteiger charge is -2.18. The quantitative estimate of drug-likeness (QED) is 0.198. The number of hydrogen-bond donors (Lipinski definition) is 3. The zero-order valence-electron chi connectivity index (χ0n) is 18.3. The normalized spacial score (nSPS) is 15.6. The van der Waals surface area contributed by atoms with Gasteiger partial charge < -0.3 is 14.7 Å². The second-order valence-corrected chi connectivity index (χ2v) is 10.4. The van der Waals surface area contributed by atoms with Gasteiger partial charge in [0.2, 0.25) is 0 Å². The topological polar surface area (TPSA) is 113 Å². The van der Waals surface area contributed by atoms with Crippen LogP contribution in [0, 0.1) is 0 Å². The molecule has 9 heteroatoms. The van der Waals surface area contributed by atoms with Crippen LogP contribution >= 0.6 is 15.6 Å². The summed E-state index contributed by atoms with van der Waals surface area (Å²) in [5.41, 5.74) is 4.48. The van der Waals surface area contributed by atoms with Crippen LogP contribution in [0.4, 0.5) is 0 Å². The van der Waals surface area contributed by atoms with Gasteiger partial charge in [-0.15, -0.1) is 0 Å². The minimum atomic E-state index is -5.16. The third-order valence-corrected chi connectivity index (χ3v) is 6.04. The first kappa shape index (κ1) is 31.4. The zero-order valence-corrected chi connectivity index (χ0v) is 20.1. The molecular formula is C21H40O7P2. The maximum Gasteiger partial charge on any atom is 0.481 e. The predicted octanol–water partition coefficient (Wildman–Crippen LogP) is 6.99. The Bertz CT molecular complexity index is 722. The molecule has 0 fully saturated rings. The van der Waals surface area contributed by atoms with Gasteiger partial charge in [-0.05, 0) is 73.6 Å². The molecule has 0 aliphatic carbocycles. The number of phosphoric acid groups is 2. The Morgan fingerprint density at radius 1 is 0.833 bits per heavy atom. The van der Waals surface area contributed by atoms with Gasteiger partial charge in [0.1, 0.15) is 0 Å². The van der Waals surface area contributed by atoms with E-state index in [1.807, 2.05) is 47.6 Å². The third kappa shape index (κ3) is 19.2. The first-order valence-electron chi connectivity index (χ1n) is 9.58. The number of rotatable bonds is 13. The van der Waals surface area contributed by atoms with E-state index in [1.54, 1.807) is 6.08 Å². The van der Waals surface area contributed by atoms with Crippen LogP contribution in [0.15, 0.2) is 46.6 Å². The molecule has 0 aromatic heterocycles. The van der Waals surface area contributed by atoms with Gasteiger partial charge in [0.25, 0.3) is 0 Å². The molecular weight excluding hydrogens is 426 g/mol. The molecule has 0 rings (SSSR count). The smallest absolute Gasteiger partial charge is 0.302 e. The maximum absolute atomic E-state index is 12.0. The molecule has 0 heterocycles. The first-order chi connectivity index (χ1) is 13.2. The van der Waals surface area contributed by atoms with Gasteiger partial charge >= 0.3 is 15.6 Å². The van der Waals surface area contributed by atoms with Crippen molar-refractivity contribution >= 4 is 15.6 Å². The average molecular weight is 466 g/mol. The van der Waals surface area contributed by atoms with Crippen LogP contribution < -0.4 is 0 Å². The van der Waals surface area contributed by atoms with Gasteiger partial charge in [-0.1, -0.05) is 54.0 Å². The summed E-state index contributed by atoms with van der Waals surface area (Å²) in [7, 11) is -10.1. The van der Waals surface area contributed by atoms with E-state index in [0.29, 0.717) is 0 Å². The van der Waals surface area contributed by atoms with E-state index < -0.39 is 21.7 Å². The Kier molecular flexibility index (Phi) is 15.8. The van der Waals surface area contributed by atoms with Crippen LogP contribution in [0.1, 0.15) is 81.1 Å². The molecule has 30 heavy (non-hydrogen) atoms. The summed E-state index contributed by atoms with van der Waals surface area (Å²) in [5.74, 6) is 0. The Morgan fingerprint density at radius 3 is 1.73 bits per heavy atom. The zero-order chi connectivity index (χ0) is 22.7. The molecule has 0 aliphatic rings. The standard InChI is InChI=1S/C20H36O7P2.CH4/c1-16(2)9-7-11-18(5)13-14-20(15-19(6)12-8-10-17(3)4)26-29(24,25)27-28(21,22)23;/h9-10,13,15,20H,7-8,11-12,14H2,1-6H3,(H,24,25)(H2,21,22,23);1H4/b18-13+,19-15+;. The largest absolute Gasteiger partial charge is 0.481 e. The molecule has 2 unspecified atom stereocenters. The van der Waals surface area contributed by atoms with Crippen molar-refractivity contribution in [3.8, 4) is 0 Å². The molecule has 2 atom stereocenters. The summed E-state index contributed by atoms with van der Waals surface area (Å²) in [6.45, 7) is 11.9. The van der Waals surface area contributed by atoms with Crippen molar-refractivity contribution in [2.75, 3.05) is 0 Å². The lowest BCUT2D eigenvalue weighted by Crippen LogP contribution is -2.09. The van der Waals surface area contributed by atoms with Gasteiger partial charge in [0, 0.05) is 0 Å². The molecule has 3 N–H and O–H groups in total. The molecule has 0 radical (unpaired) electrons. The Labute approximate surface area is 182 Å². The van der Waals surface area contributed by atoms with E-state index in [0.717, 1.165) is 36.8 Å². The molecule has 0 aliphatic heterocycles. The Hall–Kier alpha value is -0.780. The van der Waals surface area contributed by atoms with Crippen molar-refractivity contribution in [2.24, 2.45) is 0 Å². The van der Waals surface area contributed by atoms with Gasteiger partial charge in [-0.2, -0.15) is 4.31 Å². The molecule has 0 saturated carbocycles. The highest BCUT2D eigenvalue weighted by atomic mass is 31.3. The number of phosphoric ester groups is 1. The number of allylic oxidation sites excluding steroid dienone is 6. The van der Waals surface area contributed by atoms with Gasteiger partial charge in [0.05, 0.1) is 6.10 Å². The second-order valence-electron chi connectivity index (χ2n) is 7.62. The molecule has 0 aromatic carbocycles. The highest BCUT2D eigenvalue weighted by Gasteiger charge is 2.34. The van der Waals surface area contributed by atoms with Gasteiger partial charge in [0.15, 0.2) is 0 Å². The molecule has 0 saturated heterocycles. The molecule has 7 nitrogen and oxygen atoms in total. The molecule has 0 spiro atoms. The summed E-state index contributed by atoms with van der Waals surface area (Å²) < 4.78 is 31.9.